The van der Waals surface area contributed by atoms with Crippen molar-refractivity contribution in [2.45, 2.75) is 39.7 Å². The van der Waals surface area contributed by atoms with E-state index < -0.39 is 0 Å². The zero-order valence-electron chi connectivity index (χ0n) is 15.0. The summed E-state index contributed by atoms with van der Waals surface area (Å²) >= 11 is 0. The molecule has 2 aromatic rings. The highest BCUT2D eigenvalue weighted by atomic mass is 16.2. The minimum atomic E-state index is 0.165. The van der Waals surface area contributed by atoms with Gasteiger partial charge < -0.3 is 10.2 Å². The summed E-state index contributed by atoms with van der Waals surface area (Å²) in [7, 11) is 1.87. The van der Waals surface area contributed by atoms with Crippen molar-refractivity contribution < 1.29 is 4.79 Å². The molecule has 0 aliphatic carbocycles. The van der Waals surface area contributed by atoms with Gasteiger partial charge in [0, 0.05) is 32.2 Å². The fourth-order valence-corrected chi connectivity index (χ4v) is 2.90. The van der Waals surface area contributed by atoms with Gasteiger partial charge in [-0.25, -0.2) is 0 Å². The number of amides is 1. The Kier molecular flexibility index (Phi) is 6.86. The van der Waals surface area contributed by atoms with E-state index in [9.17, 15) is 4.79 Å². The van der Waals surface area contributed by atoms with Gasteiger partial charge in [0.05, 0.1) is 0 Å². The van der Waals surface area contributed by atoms with Gasteiger partial charge in [0.15, 0.2) is 0 Å². The van der Waals surface area contributed by atoms with Crippen LogP contribution in [0.4, 0.5) is 5.69 Å². The number of nitrogens with zero attached hydrogens (tertiary/aromatic N) is 1. The third-order valence-electron chi connectivity index (χ3n) is 4.33. The summed E-state index contributed by atoms with van der Waals surface area (Å²) in [5.41, 5.74) is 5.01. The van der Waals surface area contributed by atoms with E-state index in [0.29, 0.717) is 19.5 Å². The monoisotopic (exact) mass is 324 g/mol. The van der Waals surface area contributed by atoms with E-state index >= 15 is 0 Å². The largest absolute Gasteiger partial charge is 0.384 e. The number of para-hydroxylation sites is 1. The zero-order valence-corrected chi connectivity index (χ0v) is 15.0. The summed E-state index contributed by atoms with van der Waals surface area (Å²) < 4.78 is 0. The molecule has 128 valence electrons. The number of hydrogen-bond donors (Lipinski definition) is 1. The van der Waals surface area contributed by atoms with Crippen molar-refractivity contribution >= 4 is 11.6 Å². The van der Waals surface area contributed by atoms with Crippen LogP contribution in [0.15, 0.2) is 48.5 Å². The minimum absolute atomic E-state index is 0.165. The molecule has 2 rings (SSSR count). The molecule has 0 bridgehead atoms. The maximum Gasteiger partial charge on any atom is 0.224 e. The van der Waals surface area contributed by atoms with Crippen LogP contribution in [0.2, 0.25) is 0 Å². The van der Waals surface area contributed by atoms with E-state index in [1.165, 1.54) is 16.8 Å². The van der Waals surface area contributed by atoms with Crippen LogP contribution >= 0.6 is 0 Å². The quantitative estimate of drug-likeness (QED) is 0.786. The van der Waals surface area contributed by atoms with Crippen molar-refractivity contribution in [1.29, 1.82) is 0 Å². The minimum Gasteiger partial charge on any atom is -0.384 e. The number of aryl methyl sites for hydroxylation is 2. The predicted octanol–water partition coefficient (Wildman–Crippen LogP) is 4.27. The lowest BCUT2D eigenvalue weighted by Crippen LogP contribution is -2.28. The summed E-state index contributed by atoms with van der Waals surface area (Å²) in [5.74, 6) is 0.165. The molecule has 0 unspecified atom stereocenters. The number of rotatable bonds is 8. The van der Waals surface area contributed by atoms with Crippen molar-refractivity contribution in [3.8, 4) is 0 Å². The first-order chi connectivity index (χ1) is 11.7. The molecule has 2 aromatic carbocycles. The Morgan fingerprint density at radius 2 is 1.58 bits per heavy atom. The molecule has 0 aliphatic rings. The van der Waals surface area contributed by atoms with Gasteiger partial charge in [0.25, 0.3) is 0 Å². The molecule has 0 heterocycles. The van der Waals surface area contributed by atoms with Crippen molar-refractivity contribution in [3.05, 3.63) is 65.2 Å². The lowest BCUT2D eigenvalue weighted by molar-refractivity contribution is -0.130. The summed E-state index contributed by atoms with van der Waals surface area (Å²) in [5, 5.41) is 3.49. The van der Waals surface area contributed by atoms with Crippen LogP contribution < -0.4 is 5.32 Å². The molecule has 0 aromatic heterocycles. The van der Waals surface area contributed by atoms with Gasteiger partial charge in [-0.1, -0.05) is 62.4 Å². The van der Waals surface area contributed by atoms with Crippen LogP contribution in [0.25, 0.3) is 0 Å². The number of carbonyl (C=O) groups excluding carboxylic acids is 1. The van der Waals surface area contributed by atoms with E-state index in [0.717, 1.165) is 18.4 Å². The average molecular weight is 324 g/mol. The van der Waals surface area contributed by atoms with Crippen molar-refractivity contribution in [3.63, 3.8) is 0 Å². The second-order valence-electron chi connectivity index (χ2n) is 6.07. The number of benzene rings is 2. The first-order valence-corrected chi connectivity index (χ1v) is 8.78. The molecule has 24 heavy (non-hydrogen) atoms. The number of hydrogen-bond acceptors (Lipinski definition) is 2. The van der Waals surface area contributed by atoms with E-state index in [1.807, 2.05) is 37.4 Å². The molecular formula is C21H28N2O. The van der Waals surface area contributed by atoms with Crippen LogP contribution in [0.5, 0.6) is 0 Å². The maximum absolute atomic E-state index is 12.3. The van der Waals surface area contributed by atoms with Gasteiger partial charge in [-0.2, -0.15) is 0 Å². The molecular weight excluding hydrogens is 296 g/mol. The average Bonchev–Trinajstić information content (AvgIpc) is 2.62. The molecule has 0 radical (unpaired) electrons. The standard InChI is InChI=1S/C21H28N2O/c1-4-18-12-9-13-19(5-2)21(18)22-15-14-20(24)23(3)16-17-10-7-6-8-11-17/h6-13,22H,4-5,14-16H2,1-3H3. The Bertz CT molecular complexity index is 630. The second-order valence-corrected chi connectivity index (χ2v) is 6.07. The summed E-state index contributed by atoms with van der Waals surface area (Å²) in [6.07, 6.45) is 2.50. The lowest BCUT2D eigenvalue weighted by atomic mass is 10.0. The van der Waals surface area contributed by atoms with Gasteiger partial charge in [-0.05, 0) is 29.5 Å². The molecule has 0 saturated carbocycles. The lowest BCUT2D eigenvalue weighted by Gasteiger charge is -2.19. The van der Waals surface area contributed by atoms with E-state index in [1.54, 1.807) is 4.90 Å². The SMILES string of the molecule is CCc1cccc(CC)c1NCCC(=O)N(C)Cc1ccccc1. The molecule has 0 fully saturated rings. The Morgan fingerprint density at radius 1 is 0.958 bits per heavy atom. The third-order valence-corrected chi connectivity index (χ3v) is 4.33. The van der Waals surface area contributed by atoms with Crippen LogP contribution in [-0.2, 0) is 24.2 Å². The van der Waals surface area contributed by atoms with E-state index in [2.05, 4.69) is 37.4 Å². The zero-order chi connectivity index (χ0) is 17.4. The van der Waals surface area contributed by atoms with Gasteiger partial charge in [0.2, 0.25) is 5.91 Å². The molecule has 3 heteroatoms. The van der Waals surface area contributed by atoms with Crippen LogP contribution in [0.3, 0.4) is 0 Å². The highest BCUT2D eigenvalue weighted by molar-refractivity contribution is 5.76. The molecule has 1 N–H and O–H groups in total. The van der Waals surface area contributed by atoms with Crippen LogP contribution in [0.1, 0.15) is 37.0 Å². The van der Waals surface area contributed by atoms with Gasteiger partial charge in [-0.15, -0.1) is 0 Å². The highest BCUT2D eigenvalue weighted by Crippen LogP contribution is 2.22. The number of nitrogens with one attached hydrogen (secondary N) is 1. The smallest absolute Gasteiger partial charge is 0.224 e. The molecule has 1 amide bonds. The van der Waals surface area contributed by atoms with Crippen molar-refractivity contribution in [1.82, 2.24) is 4.90 Å². The Labute approximate surface area is 145 Å². The van der Waals surface area contributed by atoms with E-state index in [4.69, 9.17) is 0 Å². The summed E-state index contributed by atoms with van der Waals surface area (Å²) in [6.45, 7) is 5.66. The predicted molar refractivity (Wildman–Crippen MR) is 101 cm³/mol. The van der Waals surface area contributed by atoms with Crippen LogP contribution in [-0.4, -0.2) is 24.4 Å². The second kappa shape index (κ2) is 9.11. The van der Waals surface area contributed by atoms with Gasteiger partial charge in [0.1, 0.15) is 0 Å². The van der Waals surface area contributed by atoms with Crippen LogP contribution in [0, 0.1) is 0 Å². The van der Waals surface area contributed by atoms with Gasteiger partial charge >= 0.3 is 0 Å². The topological polar surface area (TPSA) is 32.3 Å². The first-order valence-electron chi connectivity index (χ1n) is 8.78. The van der Waals surface area contributed by atoms with Crippen molar-refractivity contribution in [2.75, 3.05) is 18.9 Å². The number of carbonyl (C=O) groups is 1. The normalized spacial score (nSPS) is 10.5. The summed E-state index contributed by atoms with van der Waals surface area (Å²) in [4.78, 5) is 14.1. The summed E-state index contributed by atoms with van der Waals surface area (Å²) in [6, 6.07) is 16.5. The van der Waals surface area contributed by atoms with Crippen molar-refractivity contribution in [2.24, 2.45) is 0 Å². The number of anilines is 1. The molecule has 0 aliphatic heterocycles. The molecule has 0 atom stereocenters. The fourth-order valence-electron chi connectivity index (χ4n) is 2.90. The van der Waals surface area contributed by atoms with E-state index in [-0.39, 0.29) is 5.91 Å². The maximum atomic E-state index is 12.3. The molecule has 0 saturated heterocycles. The van der Waals surface area contributed by atoms with Gasteiger partial charge in [-0.3, -0.25) is 4.79 Å². The highest BCUT2D eigenvalue weighted by Gasteiger charge is 2.10. The Morgan fingerprint density at radius 3 is 2.17 bits per heavy atom. The fraction of sp³-hybridized carbons (Fsp3) is 0.381. The first kappa shape index (κ1) is 18.1. The Hall–Kier alpha value is -2.29. The Balaban J connectivity index is 1.88. The molecule has 0 spiro atoms. The third kappa shape index (κ3) is 4.85. The molecule has 3 nitrogen and oxygen atoms in total.